The van der Waals surface area contributed by atoms with Crippen molar-refractivity contribution in [3.8, 4) is 0 Å². The standard InChI is InChI=1S/C15H18ClN3S/c16-13-12-10-6-2-3-7-11(10)20-14(12)18-15(17-13)19-8-4-1-5-9-19/h1-9H2. The van der Waals surface area contributed by atoms with Crippen LogP contribution in [0.1, 0.15) is 42.5 Å². The highest BCUT2D eigenvalue weighted by Crippen LogP contribution is 2.39. The molecule has 0 N–H and O–H groups in total. The van der Waals surface area contributed by atoms with Crippen molar-refractivity contribution in [3.05, 3.63) is 15.6 Å². The number of hydrogen-bond donors (Lipinski definition) is 0. The predicted octanol–water partition coefficient (Wildman–Crippen LogP) is 4.21. The Labute approximate surface area is 128 Å². The van der Waals surface area contributed by atoms with Crippen LogP contribution in [0.5, 0.6) is 0 Å². The average molecular weight is 308 g/mol. The normalized spacial score (nSPS) is 19.4. The lowest BCUT2D eigenvalue weighted by molar-refractivity contribution is 0.569. The van der Waals surface area contributed by atoms with E-state index in [1.807, 2.05) is 11.3 Å². The maximum Gasteiger partial charge on any atom is 0.228 e. The van der Waals surface area contributed by atoms with Crippen molar-refractivity contribution in [2.75, 3.05) is 18.0 Å². The molecule has 1 saturated heterocycles. The Hall–Kier alpha value is -0.870. The first-order chi connectivity index (χ1) is 9.83. The minimum Gasteiger partial charge on any atom is -0.341 e. The lowest BCUT2D eigenvalue weighted by atomic mass is 9.97. The topological polar surface area (TPSA) is 29.0 Å². The van der Waals surface area contributed by atoms with Gasteiger partial charge in [0.05, 0.1) is 5.39 Å². The third-order valence-electron chi connectivity index (χ3n) is 4.40. The molecule has 0 amide bonds. The summed E-state index contributed by atoms with van der Waals surface area (Å²) >= 11 is 8.32. The van der Waals surface area contributed by atoms with E-state index in [-0.39, 0.29) is 0 Å². The van der Waals surface area contributed by atoms with Crippen LogP contribution in [0.15, 0.2) is 0 Å². The molecule has 20 heavy (non-hydrogen) atoms. The van der Waals surface area contributed by atoms with Crippen LogP contribution < -0.4 is 4.90 Å². The molecule has 1 aliphatic heterocycles. The molecule has 3 nitrogen and oxygen atoms in total. The maximum absolute atomic E-state index is 6.49. The zero-order valence-electron chi connectivity index (χ0n) is 11.5. The molecule has 0 radical (unpaired) electrons. The number of anilines is 1. The van der Waals surface area contributed by atoms with Gasteiger partial charge in [-0.15, -0.1) is 11.3 Å². The van der Waals surface area contributed by atoms with Gasteiger partial charge in [0.2, 0.25) is 5.95 Å². The number of thiophene rings is 1. The fourth-order valence-corrected chi connectivity index (χ4v) is 4.93. The molecule has 0 bridgehead atoms. The number of piperidine rings is 1. The van der Waals surface area contributed by atoms with Crippen LogP contribution in [-0.2, 0) is 12.8 Å². The molecule has 3 heterocycles. The number of hydrogen-bond acceptors (Lipinski definition) is 4. The van der Waals surface area contributed by atoms with Gasteiger partial charge in [0.1, 0.15) is 9.98 Å². The smallest absolute Gasteiger partial charge is 0.228 e. The van der Waals surface area contributed by atoms with Gasteiger partial charge in [0, 0.05) is 18.0 Å². The van der Waals surface area contributed by atoms with E-state index in [9.17, 15) is 0 Å². The molecule has 0 spiro atoms. The van der Waals surface area contributed by atoms with Gasteiger partial charge >= 0.3 is 0 Å². The number of halogens is 1. The predicted molar refractivity (Wildman–Crippen MR) is 85.1 cm³/mol. The second-order valence-electron chi connectivity index (χ2n) is 5.75. The van der Waals surface area contributed by atoms with E-state index in [4.69, 9.17) is 16.6 Å². The van der Waals surface area contributed by atoms with Crippen LogP contribution in [0, 0.1) is 0 Å². The van der Waals surface area contributed by atoms with Crippen molar-refractivity contribution in [2.45, 2.75) is 44.9 Å². The highest BCUT2D eigenvalue weighted by molar-refractivity contribution is 7.19. The molecule has 2 aromatic rings. The molecule has 2 aromatic heterocycles. The average Bonchev–Trinajstić information content (AvgIpc) is 2.87. The molecule has 0 unspecified atom stereocenters. The Bertz CT molecular complexity index is 646. The number of nitrogens with zero attached hydrogens (tertiary/aromatic N) is 3. The zero-order valence-corrected chi connectivity index (χ0v) is 13.1. The van der Waals surface area contributed by atoms with Crippen LogP contribution >= 0.6 is 22.9 Å². The first kappa shape index (κ1) is 12.8. The van der Waals surface area contributed by atoms with Crippen LogP contribution in [0.2, 0.25) is 5.15 Å². The minimum absolute atomic E-state index is 0.662. The van der Waals surface area contributed by atoms with E-state index in [2.05, 4.69) is 9.88 Å². The summed E-state index contributed by atoms with van der Waals surface area (Å²) in [5.74, 6) is 0.834. The summed E-state index contributed by atoms with van der Waals surface area (Å²) in [4.78, 5) is 14.3. The molecule has 1 fully saturated rings. The van der Waals surface area contributed by atoms with E-state index in [0.29, 0.717) is 5.15 Å². The van der Waals surface area contributed by atoms with Crippen molar-refractivity contribution >= 4 is 39.1 Å². The van der Waals surface area contributed by atoms with Gasteiger partial charge in [-0.1, -0.05) is 11.6 Å². The minimum atomic E-state index is 0.662. The van der Waals surface area contributed by atoms with Gasteiger partial charge in [0.15, 0.2) is 0 Å². The fraction of sp³-hybridized carbons (Fsp3) is 0.600. The van der Waals surface area contributed by atoms with E-state index in [1.165, 1.54) is 49.0 Å². The Kier molecular flexibility index (Phi) is 3.31. The Morgan fingerprint density at radius 1 is 0.950 bits per heavy atom. The Balaban J connectivity index is 1.81. The van der Waals surface area contributed by atoms with E-state index < -0.39 is 0 Å². The number of fused-ring (bicyclic) bond motifs is 3. The molecule has 4 rings (SSSR count). The molecule has 0 saturated carbocycles. The van der Waals surface area contributed by atoms with Crippen molar-refractivity contribution in [1.82, 2.24) is 9.97 Å². The lowest BCUT2D eigenvalue weighted by Gasteiger charge is -2.26. The number of rotatable bonds is 1. The second kappa shape index (κ2) is 5.15. The molecule has 106 valence electrons. The SMILES string of the molecule is Clc1nc(N2CCCCC2)nc2sc3c(c12)CCCC3. The number of aryl methyl sites for hydroxylation is 2. The monoisotopic (exact) mass is 307 g/mol. The Morgan fingerprint density at radius 2 is 1.75 bits per heavy atom. The summed E-state index contributed by atoms with van der Waals surface area (Å²) in [6, 6.07) is 0. The van der Waals surface area contributed by atoms with Crippen molar-refractivity contribution in [2.24, 2.45) is 0 Å². The number of aromatic nitrogens is 2. The third-order valence-corrected chi connectivity index (χ3v) is 5.86. The summed E-state index contributed by atoms with van der Waals surface area (Å²) in [5, 5.41) is 1.79. The molecule has 0 atom stereocenters. The van der Waals surface area contributed by atoms with Gasteiger partial charge in [-0.3, -0.25) is 0 Å². The van der Waals surface area contributed by atoms with E-state index >= 15 is 0 Å². The first-order valence-electron chi connectivity index (χ1n) is 7.55. The van der Waals surface area contributed by atoms with Crippen molar-refractivity contribution < 1.29 is 0 Å². The summed E-state index contributed by atoms with van der Waals surface area (Å²) in [7, 11) is 0. The zero-order chi connectivity index (χ0) is 13.5. The summed E-state index contributed by atoms with van der Waals surface area (Å²) in [5.41, 5.74) is 1.42. The van der Waals surface area contributed by atoms with Crippen LogP contribution in [0.25, 0.3) is 10.2 Å². The van der Waals surface area contributed by atoms with Crippen LogP contribution in [0.3, 0.4) is 0 Å². The fourth-order valence-electron chi connectivity index (χ4n) is 3.34. The largest absolute Gasteiger partial charge is 0.341 e. The van der Waals surface area contributed by atoms with Gasteiger partial charge in [-0.05, 0) is 50.5 Å². The van der Waals surface area contributed by atoms with Gasteiger partial charge in [0.25, 0.3) is 0 Å². The maximum atomic E-state index is 6.49. The second-order valence-corrected chi connectivity index (χ2v) is 7.19. The van der Waals surface area contributed by atoms with Crippen molar-refractivity contribution in [1.29, 1.82) is 0 Å². The molecule has 2 aliphatic rings. The highest BCUT2D eigenvalue weighted by atomic mass is 35.5. The molecule has 1 aliphatic carbocycles. The quantitative estimate of drug-likeness (QED) is 0.739. The van der Waals surface area contributed by atoms with E-state index in [0.717, 1.165) is 35.7 Å². The molecular weight excluding hydrogens is 290 g/mol. The van der Waals surface area contributed by atoms with Gasteiger partial charge in [-0.2, -0.15) is 0 Å². The summed E-state index contributed by atoms with van der Waals surface area (Å²) in [6.45, 7) is 2.12. The Morgan fingerprint density at radius 3 is 2.60 bits per heavy atom. The van der Waals surface area contributed by atoms with Crippen LogP contribution in [-0.4, -0.2) is 23.1 Å². The van der Waals surface area contributed by atoms with Crippen LogP contribution in [0.4, 0.5) is 5.95 Å². The molecule has 0 aromatic carbocycles. The third kappa shape index (κ3) is 2.09. The van der Waals surface area contributed by atoms with Gasteiger partial charge in [-0.25, -0.2) is 9.97 Å². The van der Waals surface area contributed by atoms with Crippen molar-refractivity contribution in [3.63, 3.8) is 0 Å². The molecular formula is C15H18ClN3S. The highest BCUT2D eigenvalue weighted by Gasteiger charge is 2.22. The summed E-state index contributed by atoms with van der Waals surface area (Å²) in [6.07, 6.45) is 8.68. The van der Waals surface area contributed by atoms with Gasteiger partial charge < -0.3 is 4.90 Å². The van der Waals surface area contributed by atoms with E-state index in [1.54, 1.807) is 0 Å². The first-order valence-corrected chi connectivity index (χ1v) is 8.75. The lowest BCUT2D eigenvalue weighted by Crippen LogP contribution is -2.30. The molecule has 5 heteroatoms. The summed E-state index contributed by atoms with van der Waals surface area (Å²) < 4.78 is 0.